The maximum Gasteiger partial charge on any atom is 0.311 e. The standard InChI is InChI=1S/C25H33N3O6S/c1-4-19(25(30)31)24-20-10-9-18(14-22(20)27-21(24)5-2)34-12-11-26-15-23(29)16-7-6-8-17(13-16)28-35(3,32)33/h6-10,13-14,19,23,26-29H,4-5,11-12,15H2,1-3H3,(H,30,31)/t19?,23-/m0/s1. The van der Waals surface area contributed by atoms with Gasteiger partial charge in [-0.3, -0.25) is 9.52 Å². The van der Waals surface area contributed by atoms with Crippen LogP contribution >= 0.6 is 0 Å². The van der Waals surface area contributed by atoms with Gasteiger partial charge < -0.3 is 25.3 Å². The number of hydrogen-bond donors (Lipinski definition) is 5. The van der Waals surface area contributed by atoms with Crippen LogP contribution in [0, 0.1) is 0 Å². The molecule has 1 unspecified atom stereocenters. The second-order valence-electron chi connectivity index (χ2n) is 8.45. The number of carboxylic acid groups (broad SMARTS) is 1. The predicted octanol–water partition coefficient (Wildman–Crippen LogP) is 3.38. The normalized spacial score (nSPS) is 13.5. The lowest BCUT2D eigenvalue weighted by Crippen LogP contribution is -2.26. The number of H-pyrrole nitrogens is 1. The molecule has 5 N–H and O–H groups in total. The number of aromatic amines is 1. The Morgan fingerprint density at radius 1 is 1.17 bits per heavy atom. The first-order valence-electron chi connectivity index (χ1n) is 11.6. The van der Waals surface area contributed by atoms with Crippen molar-refractivity contribution in [2.24, 2.45) is 0 Å². The summed E-state index contributed by atoms with van der Waals surface area (Å²) in [4.78, 5) is 15.1. The molecular weight excluding hydrogens is 470 g/mol. The third-order valence-electron chi connectivity index (χ3n) is 5.76. The molecule has 190 valence electrons. The molecule has 0 spiro atoms. The van der Waals surface area contributed by atoms with E-state index >= 15 is 0 Å². The van der Waals surface area contributed by atoms with Crippen molar-refractivity contribution in [3.05, 3.63) is 59.3 Å². The summed E-state index contributed by atoms with van der Waals surface area (Å²) in [5.74, 6) is -0.711. The highest BCUT2D eigenvalue weighted by Gasteiger charge is 2.24. The summed E-state index contributed by atoms with van der Waals surface area (Å²) in [5, 5.41) is 24.1. The molecule has 0 aliphatic heterocycles. The number of sulfonamides is 1. The van der Waals surface area contributed by atoms with Gasteiger partial charge in [0.15, 0.2) is 0 Å². The summed E-state index contributed by atoms with van der Waals surface area (Å²) in [6.07, 6.45) is 1.50. The quantitative estimate of drug-likeness (QED) is 0.225. The van der Waals surface area contributed by atoms with E-state index in [0.29, 0.717) is 43.0 Å². The van der Waals surface area contributed by atoms with Gasteiger partial charge in [0.25, 0.3) is 0 Å². The van der Waals surface area contributed by atoms with Crippen molar-refractivity contribution in [1.29, 1.82) is 0 Å². The van der Waals surface area contributed by atoms with Crippen molar-refractivity contribution < 1.29 is 28.2 Å². The number of aliphatic hydroxyl groups is 1. The monoisotopic (exact) mass is 503 g/mol. The van der Waals surface area contributed by atoms with E-state index < -0.39 is 28.0 Å². The smallest absolute Gasteiger partial charge is 0.311 e. The molecule has 1 aromatic heterocycles. The summed E-state index contributed by atoms with van der Waals surface area (Å²) in [7, 11) is -3.39. The SMILES string of the molecule is CCc1[nH]c2cc(OCCNC[C@H](O)c3cccc(NS(C)(=O)=O)c3)ccc2c1C(CC)C(=O)O. The van der Waals surface area contributed by atoms with Crippen LogP contribution in [-0.2, 0) is 21.2 Å². The van der Waals surface area contributed by atoms with Crippen LogP contribution in [0.15, 0.2) is 42.5 Å². The van der Waals surface area contributed by atoms with Gasteiger partial charge in [-0.05, 0) is 48.2 Å². The molecule has 0 saturated heterocycles. The van der Waals surface area contributed by atoms with E-state index in [1.165, 1.54) is 0 Å². The molecule has 0 amide bonds. The Kier molecular flexibility index (Phi) is 8.76. The number of aromatic nitrogens is 1. The average Bonchev–Trinajstić information content (AvgIpc) is 3.15. The second kappa shape index (κ2) is 11.6. The van der Waals surface area contributed by atoms with E-state index in [1.807, 2.05) is 32.0 Å². The Morgan fingerprint density at radius 3 is 2.60 bits per heavy atom. The summed E-state index contributed by atoms with van der Waals surface area (Å²) >= 11 is 0. The predicted molar refractivity (Wildman–Crippen MR) is 137 cm³/mol. The lowest BCUT2D eigenvalue weighted by molar-refractivity contribution is -0.138. The fourth-order valence-corrected chi connectivity index (χ4v) is 4.70. The molecule has 0 aliphatic carbocycles. The van der Waals surface area contributed by atoms with Crippen LogP contribution in [0.1, 0.15) is 49.1 Å². The van der Waals surface area contributed by atoms with E-state index in [-0.39, 0.29) is 6.54 Å². The Balaban J connectivity index is 1.55. The van der Waals surface area contributed by atoms with Gasteiger partial charge in [0.2, 0.25) is 10.0 Å². The Morgan fingerprint density at radius 2 is 1.94 bits per heavy atom. The molecule has 0 fully saturated rings. The number of rotatable bonds is 13. The molecule has 10 heteroatoms. The molecular formula is C25H33N3O6S. The third kappa shape index (κ3) is 6.97. The van der Waals surface area contributed by atoms with Crippen LogP contribution in [0.25, 0.3) is 10.9 Å². The first-order valence-corrected chi connectivity index (χ1v) is 13.5. The molecule has 3 aromatic rings. The fraction of sp³-hybridized carbons (Fsp3) is 0.400. The zero-order valence-electron chi connectivity index (χ0n) is 20.2. The van der Waals surface area contributed by atoms with Crippen LogP contribution in [0.5, 0.6) is 5.75 Å². The lowest BCUT2D eigenvalue weighted by atomic mass is 9.93. The fourth-order valence-electron chi connectivity index (χ4n) is 4.14. The first-order chi connectivity index (χ1) is 16.6. The van der Waals surface area contributed by atoms with E-state index in [0.717, 1.165) is 28.4 Å². The number of aliphatic carboxylic acids is 1. The highest BCUT2D eigenvalue weighted by Crippen LogP contribution is 2.34. The lowest BCUT2D eigenvalue weighted by Gasteiger charge is -2.14. The van der Waals surface area contributed by atoms with Gasteiger partial charge in [-0.25, -0.2) is 8.42 Å². The molecule has 0 bridgehead atoms. The molecule has 0 saturated carbocycles. The average molecular weight is 504 g/mol. The Labute approximate surface area is 205 Å². The number of anilines is 1. The molecule has 1 heterocycles. The second-order valence-corrected chi connectivity index (χ2v) is 10.2. The molecule has 9 nitrogen and oxygen atoms in total. The zero-order valence-corrected chi connectivity index (χ0v) is 21.0. The van der Waals surface area contributed by atoms with Gasteiger partial charge in [0.1, 0.15) is 12.4 Å². The van der Waals surface area contributed by atoms with Gasteiger partial charge >= 0.3 is 5.97 Å². The van der Waals surface area contributed by atoms with Crippen molar-refractivity contribution >= 4 is 32.6 Å². The number of carboxylic acids is 1. The third-order valence-corrected chi connectivity index (χ3v) is 6.37. The van der Waals surface area contributed by atoms with Gasteiger partial charge in [-0.1, -0.05) is 26.0 Å². The zero-order chi connectivity index (χ0) is 25.6. The number of fused-ring (bicyclic) bond motifs is 1. The number of aryl methyl sites for hydroxylation is 1. The molecule has 0 radical (unpaired) electrons. The van der Waals surface area contributed by atoms with Crippen molar-refractivity contribution in [2.45, 2.75) is 38.7 Å². The molecule has 2 atom stereocenters. The van der Waals surface area contributed by atoms with Crippen LogP contribution in [0.2, 0.25) is 0 Å². The minimum atomic E-state index is -3.39. The van der Waals surface area contributed by atoms with E-state index in [2.05, 4.69) is 15.0 Å². The summed E-state index contributed by atoms with van der Waals surface area (Å²) in [5.41, 5.74) is 3.61. The van der Waals surface area contributed by atoms with Crippen molar-refractivity contribution in [1.82, 2.24) is 10.3 Å². The highest BCUT2D eigenvalue weighted by atomic mass is 32.2. The van der Waals surface area contributed by atoms with E-state index in [9.17, 15) is 23.4 Å². The maximum atomic E-state index is 11.7. The maximum absolute atomic E-state index is 11.7. The number of hydrogen-bond acceptors (Lipinski definition) is 6. The molecule has 35 heavy (non-hydrogen) atoms. The first kappa shape index (κ1) is 26.5. The van der Waals surface area contributed by atoms with Crippen LogP contribution < -0.4 is 14.8 Å². The summed E-state index contributed by atoms with van der Waals surface area (Å²) in [6, 6.07) is 12.2. The number of nitrogens with one attached hydrogen (secondary N) is 3. The van der Waals surface area contributed by atoms with Gasteiger partial charge in [-0.15, -0.1) is 0 Å². The minimum absolute atomic E-state index is 0.276. The van der Waals surface area contributed by atoms with Crippen LogP contribution in [-0.4, -0.2) is 55.5 Å². The van der Waals surface area contributed by atoms with Gasteiger partial charge in [0.05, 0.1) is 18.3 Å². The molecule has 0 aliphatic rings. The number of ether oxygens (including phenoxy) is 1. The van der Waals surface area contributed by atoms with Crippen molar-refractivity contribution in [3.8, 4) is 5.75 Å². The van der Waals surface area contributed by atoms with E-state index in [1.54, 1.807) is 24.3 Å². The van der Waals surface area contributed by atoms with Crippen LogP contribution in [0.4, 0.5) is 5.69 Å². The van der Waals surface area contributed by atoms with Crippen molar-refractivity contribution in [2.75, 3.05) is 30.7 Å². The van der Waals surface area contributed by atoms with Crippen LogP contribution in [0.3, 0.4) is 0 Å². The highest BCUT2D eigenvalue weighted by molar-refractivity contribution is 7.92. The van der Waals surface area contributed by atoms with E-state index in [4.69, 9.17) is 4.74 Å². The number of carbonyl (C=O) groups is 1. The Bertz CT molecular complexity index is 1270. The Hall–Kier alpha value is -3.08. The molecule has 3 rings (SSSR count). The minimum Gasteiger partial charge on any atom is -0.492 e. The molecule has 2 aromatic carbocycles. The van der Waals surface area contributed by atoms with Crippen molar-refractivity contribution in [3.63, 3.8) is 0 Å². The number of aliphatic hydroxyl groups excluding tert-OH is 1. The number of benzene rings is 2. The topological polar surface area (TPSA) is 141 Å². The van der Waals surface area contributed by atoms with Gasteiger partial charge in [-0.2, -0.15) is 0 Å². The van der Waals surface area contributed by atoms with Gasteiger partial charge in [0, 0.05) is 41.4 Å². The largest absolute Gasteiger partial charge is 0.492 e. The summed E-state index contributed by atoms with van der Waals surface area (Å²) in [6.45, 7) is 5.01. The summed E-state index contributed by atoms with van der Waals surface area (Å²) < 4.78 is 31.0.